The normalized spacial score (nSPS) is 7.60. The Hall–Kier alpha value is -0.730. The second-order valence-corrected chi connectivity index (χ2v) is 2.35. The van der Waals surface area contributed by atoms with Crippen molar-refractivity contribution in [3.8, 4) is 0 Å². The summed E-state index contributed by atoms with van der Waals surface area (Å²) in [6.07, 6.45) is 3.07. The highest BCUT2D eigenvalue weighted by atomic mass is 16.5. The Kier molecular flexibility index (Phi) is 30.7. The van der Waals surface area contributed by atoms with Crippen LogP contribution in [-0.2, 0) is 4.74 Å². The molecule has 0 fully saturated rings. The zero-order chi connectivity index (χ0) is 12.5. The Bertz CT molecular complexity index is 106. The molecule has 0 radical (unpaired) electrons. The number of ether oxygens (including phenoxy) is 1. The van der Waals surface area contributed by atoms with E-state index in [-0.39, 0.29) is 6.09 Å². The minimum atomic E-state index is -0.302. The second-order valence-electron chi connectivity index (χ2n) is 2.35. The third-order valence-electron chi connectivity index (χ3n) is 1.33. The van der Waals surface area contributed by atoms with Gasteiger partial charge in [-0.3, -0.25) is 0 Å². The van der Waals surface area contributed by atoms with Crippen molar-refractivity contribution in [1.29, 1.82) is 0 Å². The Morgan fingerprint density at radius 3 is 2.00 bits per heavy atom. The maximum Gasteiger partial charge on any atom is 0.407 e. The smallest absolute Gasteiger partial charge is 0.407 e. The largest absolute Gasteiger partial charge is 0.450 e. The van der Waals surface area contributed by atoms with Crippen LogP contribution in [0.15, 0.2) is 0 Å². The van der Waals surface area contributed by atoms with Crippen molar-refractivity contribution in [1.82, 2.24) is 5.32 Å². The van der Waals surface area contributed by atoms with Crippen molar-refractivity contribution in [2.24, 2.45) is 0 Å². The van der Waals surface area contributed by atoms with Crippen molar-refractivity contribution in [3.05, 3.63) is 0 Å². The Morgan fingerprint density at radius 1 is 1.07 bits per heavy atom. The molecule has 0 spiro atoms. The van der Waals surface area contributed by atoms with Crippen LogP contribution in [0, 0.1) is 0 Å². The van der Waals surface area contributed by atoms with Crippen LogP contribution in [0.4, 0.5) is 4.79 Å². The molecule has 0 saturated carbocycles. The lowest BCUT2D eigenvalue weighted by Crippen LogP contribution is -2.25. The lowest BCUT2D eigenvalue weighted by molar-refractivity contribution is 0.152. The molecule has 0 aliphatic rings. The molecule has 0 aromatic carbocycles. The van der Waals surface area contributed by atoms with Gasteiger partial charge < -0.3 is 10.1 Å². The summed E-state index contributed by atoms with van der Waals surface area (Å²) < 4.78 is 4.67. The number of unbranched alkanes of at least 4 members (excludes halogenated alkanes) is 2. The Balaban J connectivity index is -0.000000318. The minimum absolute atomic E-state index is 0.302. The van der Waals surface area contributed by atoms with Gasteiger partial charge in [-0.1, -0.05) is 47.5 Å². The van der Waals surface area contributed by atoms with Crippen molar-refractivity contribution >= 4 is 6.09 Å². The SMILES string of the molecule is CC.CC.CCCCCNC(=O)OCC. The van der Waals surface area contributed by atoms with Gasteiger partial charge in [0.2, 0.25) is 0 Å². The van der Waals surface area contributed by atoms with Crippen LogP contribution in [0.3, 0.4) is 0 Å². The average molecular weight is 219 g/mol. The van der Waals surface area contributed by atoms with Gasteiger partial charge in [0.05, 0.1) is 6.61 Å². The molecular formula is C12H29NO2. The zero-order valence-corrected chi connectivity index (χ0v) is 11.4. The van der Waals surface area contributed by atoms with Gasteiger partial charge in [-0.05, 0) is 13.3 Å². The summed E-state index contributed by atoms with van der Waals surface area (Å²) in [6.45, 7) is 13.1. The molecule has 94 valence electrons. The fourth-order valence-corrected chi connectivity index (χ4v) is 0.748. The van der Waals surface area contributed by atoms with E-state index in [1.165, 1.54) is 6.42 Å². The molecule has 1 N–H and O–H groups in total. The van der Waals surface area contributed by atoms with E-state index in [0.717, 1.165) is 19.4 Å². The first-order valence-corrected chi connectivity index (χ1v) is 6.21. The van der Waals surface area contributed by atoms with E-state index in [2.05, 4.69) is 17.0 Å². The molecular weight excluding hydrogens is 190 g/mol. The summed E-state index contributed by atoms with van der Waals surface area (Å²) >= 11 is 0. The van der Waals surface area contributed by atoms with Gasteiger partial charge in [-0.2, -0.15) is 0 Å². The molecule has 0 heterocycles. The van der Waals surface area contributed by atoms with Crippen LogP contribution in [0.5, 0.6) is 0 Å². The summed E-state index contributed by atoms with van der Waals surface area (Å²) in [5.41, 5.74) is 0. The third kappa shape index (κ3) is 24.6. The lowest BCUT2D eigenvalue weighted by atomic mass is 10.2. The van der Waals surface area contributed by atoms with Gasteiger partial charge in [0, 0.05) is 6.54 Å². The van der Waals surface area contributed by atoms with Crippen molar-refractivity contribution < 1.29 is 9.53 Å². The second kappa shape index (κ2) is 23.2. The summed E-state index contributed by atoms with van der Waals surface area (Å²) in [5, 5.41) is 2.66. The van der Waals surface area contributed by atoms with Crippen LogP contribution in [0.1, 0.15) is 60.8 Å². The van der Waals surface area contributed by atoms with E-state index in [1.54, 1.807) is 6.92 Å². The molecule has 3 heteroatoms. The Labute approximate surface area is 95.6 Å². The van der Waals surface area contributed by atoms with Crippen molar-refractivity contribution in [2.45, 2.75) is 60.8 Å². The topological polar surface area (TPSA) is 38.3 Å². The van der Waals surface area contributed by atoms with Gasteiger partial charge in [0.25, 0.3) is 0 Å². The molecule has 0 unspecified atom stereocenters. The van der Waals surface area contributed by atoms with E-state index in [4.69, 9.17) is 0 Å². The van der Waals surface area contributed by atoms with Crippen molar-refractivity contribution in [3.63, 3.8) is 0 Å². The van der Waals surface area contributed by atoms with E-state index in [9.17, 15) is 4.79 Å². The predicted molar refractivity (Wildman–Crippen MR) is 67.2 cm³/mol. The number of hydrogen-bond acceptors (Lipinski definition) is 2. The molecule has 0 bridgehead atoms. The lowest BCUT2D eigenvalue weighted by Gasteiger charge is -2.03. The molecule has 3 nitrogen and oxygen atoms in total. The highest BCUT2D eigenvalue weighted by molar-refractivity contribution is 5.66. The number of carbonyl (C=O) groups is 1. The number of hydrogen-bond donors (Lipinski definition) is 1. The first-order chi connectivity index (χ1) is 7.31. The molecule has 0 atom stereocenters. The molecule has 0 aromatic rings. The number of alkyl carbamates (subject to hydrolysis) is 1. The number of nitrogens with one attached hydrogen (secondary N) is 1. The standard InChI is InChI=1S/C8H17NO2.2C2H6/c1-3-5-6-7-9-8(10)11-4-2;2*1-2/h3-7H2,1-2H3,(H,9,10);2*1-2H3. The number of carbonyl (C=O) groups excluding carboxylic acids is 1. The molecule has 0 saturated heterocycles. The van der Waals surface area contributed by atoms with Gasteiger partial charge in [-0.25, -0.2) is 4.79 Å². The maximum atomic E-state index is 10.7. The van der Waals surface area contributed by atoms with E-state index >= 15 is 0 Å². The van der Waals surface area contributed by atoms with Gasteiger partial charge in [0.1, 0.15) is 0 Å². The molecule has 0 aromatic heterocycles. The van der Waals surface area contributed by atoms with E-state index < -0.39 is 0 Å². The van der Waals surface area contributed by atoms with E-state index in [0.29, 0.717) is 6.61 Å². The molecule has 1 amide bonds. The average Bonchev–Trinajstić information content (AvgIpc) is 2.30. The summed E-state index contributed by atoms with van der Waals surface area (Å²) in [6, 6.07) is 0. The first-order valence-electron chi connectivity index (χ1n) is 6.21. The van der Waals surface area contributed by atoms with E-state index in [1.807, 2.05) is 27.7 Å². The zero-order valence-electron chi connectivity index (χ0n) is 11.4. The highest BCUT2D eigenvalue weighted by Crippen LogP contribution is 1.91. The molecule has 15 heavy (non-hydrogen) atoms. The fraction of sp³-hybridized carbons (Fsp3) is 0.917. The Morgan fingerprint density at radius 2 is 1.60 bits per heavy atom. The van der Waals surface area contributed by atoms with Crippen molar-refractivity contribution in [2.75, 3.05) is 13.2 Å². The van der Waals surface area contributed by atoms with Crippen LogP contribution in [0.25, 0.3) is 0 Å². The highest BCUT2D eigenvalue weighted by Gasteiger charge is 1.96. The van der Waals surface area contributed by atoms with Gasteiger partial charge >= 0.3 is 6.09 Å². The quantitative estimate of drug-likeness (QED) is 0.710. The maximum absolute atomic E-state index is 10.7. The van der Waals surface area contributed by atoms with Crippen LogP contribution >= 0.6 is 0 Å². The van der Waals surface area contributed by atoms with Gasteiger partial charge in [0.15, 0.2) is 0 Å². The predicted octanol–water partition coefficient (Wildman–Crippen LogP) is 3.98. The number of rotatable bonds is 5. The minimum Gasteiger partial charge on any atom is -0.450 e. The number of amides is 1. The summed E-state index contributed by atoms with van der Waals surface area (Å²) in [5.74, 6) is 0. The summed E-state index contributed by atoms with van der Waals surface area (Å²) in [4.78, 5) is 10.7. The molecule has 0 rings (SSSR count). The molecule has 0 aliphatic carbocycles. The monoisotopic (exact) mass is 219 g/mol. The van der Waals surface area contributed by atoms with Crippen LogP contribution in [-0.4, -0.2) is 19.2 Å². The van der Waals surface area contributed by atoms with Crippen LogP contribution in [0.2, 0.25) is 0 Å². The third-order valence-corrected chi connectivity index (χ3v) is 1.33. The summed E-state index contributed by atoms with van der Waals surface area (Å²) in [7, 11) is 0. The van der Waals surface area contributed by atoms with Gasteiger partial charge in [-0.15, -0.1) is 0 Å². The molecule has 0 aliphatic heterocycles. The van der Waals surface area contributed by atoms with Crippen LogP contribution < -0.4 is 5.32 Å². The fourth-order valence-electron chi connectivity index (χ4n) is 0.748. The first kappa shape index (κ1) is 19.8.